The largest absolute Gasteiger partial charge is 0.310 e. The Morgan fingerprint density at radius 2 is 0.895 bits per heavy atom. The molecule has 0 saturated carbocycles. The van der Waals surface area contributed by atoms with E-state index < -0.39 is 0 Å². The Kier molecular flexibility index (Phi) is 9.10. The fraction of sp³-hybridized carbons (Fsp3) is 0.0357. The molecular weight excluding hydrogens is 687 g/mol. The highest BCUT2D eigenvalue weighted by molar-refractivity contribution is 6.14. The zero-order valence-corrected chi connectivity index (χ0v) is 31.7. The van der Waals surface area contributed by atoms with Gasteiger partial charge in [0.05, 0.1) is 5.69 Å². The normalized spacial score (nSPS) is 13.8. The molecule has 270 valence electrons. The van der Waals surface area contributed by atoms with Crippen LogP contribution in [0.1, 0.15) is 23.5 Å². The summed E-state index contributed by atoms with van der Waals surface area (Å²) in [5.41, 5.74) is 14.6. The number of hydrogen-bond donors (Lipinski definition) is 0. The fourth-order valence-electron chi connectivity index (χ4n) is 8.51. The number of fused-ring (bicyclic) bond motifs is 3. The van der Waals surface area contributed by atoms with E-state index in [-0.39, 0.29) is 5.92 Å². The van der Waals surface area contributed by atoms with E-state index >= 15 is 0 Å². The Bertz CT molecular complexity index is 2890. The van der Waals surface area contributed by atoms with Gasteiger partial charge in [-0.2, -0.15) is 0 Å². The zero-order chi connectivity index (χ0) is 38.0. The molecule has 0 fully saturated rings. The summed E-state index contributed by atoms with van der Waals surface area (Å²) in [7, 11) is 0. The van der Waals surface area contributed by atoms with Crippen LogP contribution in [0.15, 0.2) is 231 Å². The molecule has 9 aromatic rings. The van der Waals surface area contributed by atoms with Gasteiger partial charge in [0.25, 0.3) is 0 Å². The molecule has 0 bridgehead atoms. The Morgan fingerprint density at radius 1 is 0.386 bits per heavy atom. The van der Waals surface area contributed by atoms with E-state index in [0.29, 0.717) is 0 Å². The monoisotopic (exact) mass is 727 g/mol. The zero-order valence-electron chi connectivity index (χ0n) is 31.7. The third-order valence-electron chi connectivity index (χ3n) is 11.4. The number of anilines is 3. The van der Waals surface area contributed by atoms with Crippen LogP contribution in [0.4, 0.5) is 17.1 Å². The molecule has 57 heavy (non-hydrogen) atoms. The average molecular weight is 728 g/mol. The maximum Gasteiger partial charge on any atom is 0.0546 e. The quantitative estimate of drug-likeness (QED) is 0.141. The molecule has 0 N–H and O–H groups in total. The first kappa shape index (κ1) is 34.3. The first-order chi connectivity index (χ1) is 28.3. The van der Waals surface area contributed by atoms with Gasteiger partial charge in [-0.05, 0) is 109 Å². The average Bonchev–Trinajstić information content (AvgIpc) is 3.30. The van der Waals surface area contributed by atoms with Crippen LogP contribution in [-0.2, 0) is 0 Å². The lowest BCUT2D eigenvalue weighted by Gasteiger charge is -2.28. The van der Waals surface area contributed by atoms with Crippen LogP contribution >= 0.6 is 0 Å². The smallest absolute Gasteiger partial charge is 0.0546 e. The minimum absolute atomic E-state index is 0.278. The van der Waals surface area contributed by atoms with Gasteiger partial charge in [-0.15, -0.1) is 0 Å². The summed E-state index contributed by atoms with van der Waals surface area (Å²) in [5, 5.41) is 4.96. The number of rotatable bonds is 8. The summed E-state index contributed by atoms with van der Waals surface area (Å²) < 4.78 is 0. The molecule has 9 aromatic carbocycles. The molecule has 1 aliphatic carbocycles. The van der Waals surface area contributed by atoms with Gasteiger partial charge in [0, 0.05) is 22.7 Å². The third-order valence-corrected chi connectivity index (χ3v) is 11.4. The molecule has 0 aromatic heterocycles. The van der Waals surface area contributed by atoms with E-state index in [2.05, 4.69) is 235 Å². The molecule has 1 nitrogen and oxygen atoms in total. The molecule has 0 spiro atoms. The SMILES string of the molecule is C1=CC(c2ccc(-c3ccccc3)cc2-c2ccc(N(c3ccc(-c4ccccc4)cc3)c3cc4ccccc4c4ccccc34)cc2)CC=C1c1ccccc1. The predicted octanol–water partition coefficient (Wildman–Crippen LogP) is 15.6. The van der Waals surface area contributed by atoms with E-state index in [4.69, 9.17) is 0 Å². The standard InChI is InChI=1S/C56H41N/c1-4-14-40(15-5-1)43-24-26-45(27-25-43)52-37-32-47(42-18-8-3-9-19-42)38-55(52)46-30-35-50(36-31-46)57(49-33-28-44(29-34-49)41-16-6-2-7-17-41)56-39-48-20-10-11-21-51(48)53-22-12-13-23-54(53)56/h1-26,28-39,45H,27H2. The maximum atomic E-state index is 2.43. The molecule has 1 aliphatic rings. The lowest BCUT2D eigenvalue weighted by atomic mass is 9.83. The van der Waals surface area contributed by atoms with Gasteiger partial charge in [-0.25, -0.2) is 0 Å². The van der Waals surface area contributed by atoms with Crippen LogP contribution in [0.2, 0.25) is 0 Å². The van der Waals surface area contributed by atoms with Crippen molar-refractivity contribution in [2.24, 2.45) is 0 Å². The second-order valence-corrected chi connectivity index (χ2v) is 14.9. The van der Waals surface area contributed by atoms with Gasteiger partial charge in [0.15, 0.2) is 0 Å². The van der Waals surface area contributed by atoms with Crippen molar-refractivity contribution in [3.63, 3.8) is 0 Å². The summed E-state index contributed by atoms with van der Waals surface area (Å²) >= 11 is 0. The van der Waals surface area contributed by atoms with Gasteiger partial charge < -0.3 is 4.90 Å². The van der Waals surface area contributed by atoms with Gasteiger partial charge in [0.1, 0.15) is 0 Å². The first-order valence-corrected chi connectivity index (χ1v) is 19.9. The number of benzene rings is 9. The molecule has 0 saturated heterocycles. The molecule has 1 heteroatoms. The molecule has 0 heterocycles. The number of nitrogens with zero attached hydrogens (tertiary/aromatic N) is 1. The van der Waals surface area contributed by atoms with Crippen molar-refractivity contribution in [2.45, 2.75) is 12.3 Å². The summed E-state index contributed by atoms with van der Waals surface area (Å²) in [4.78, 5) is 2.43. The molecule has 0 amide bonds. The van der Waals surface area contributed by atoms with Crippen molar-refractivity contribution < 1.29 is 0 Å². The number of hydrogen-bond acceptors (Lipinski definition) is 1. The maximum absolute atomic E-state index is 2.43. The van der Waals surface area contributed by atoms with Gasteiger partial charge in [0.2, 0.25) is 0 Å². The predicted molar refractivity (Wildman–Crippen MR) is 243 cm³/mol. The molecule has 1 atom stereocenters. The second kappa shape index (κ2) is 15.1. The lowest BCUT2D eigenvalue weighted by molar-refractivity contribution is 0.859. The van der Waals surface area contributed by atoms with E-state index in [0.717, 1.165) is 23.5 Å². The van der Waals surface area contributed by atoms with Crippen LogP contribution in [0.5, 0.6) is 0 Å². The van der Waals surface area contributed by atoms with E-state index in [1.807, 2.05) is 0 Å². The van der Waals surface area contributed by atoms with Crippen LogP contribution in [0.25, 0.3) is 60.5 Å². The highest BCUT2D eigenvalue weighted by Gasteiger charge is 2.20. The summed E-state index contributed by atoms with van der Waals surface area (Å²) in [6, 6.07) is 77.2. The Balaban J connectivity index is 1.09. The minimum atomic E-state index is 0.278. The molecule has 1 unspecified atom stereocenters. The fourth-order valence-corrected chi connectivity index (χ4v) is 8.51. The highest BCUT2D eigenvalue weighted by Crippen LogP contribution is 2.44. The van der Waals surface area contributed by atoms with Crippen molar-refractivity contribution in [3.05, 3.63) is 242 Å². The summed E-state index contributed by atoms with van der Waals surface area (Å²) in [6.07, 6.45) is 8.05. The summed E-state index contributed by atoms with van der Waals surface area (Å²) in [6.45, 7) is 0. The highest BCUT2D eigenvalue weighted by atomic mass is 15.1. The van der Waals surface area contributed by atoms with Crippen LogP contribution in [0.3, 0.4) is 0 Å². The van der Waals surface area contributed by atoms with Crippen molar-refractivity contribution >= 4 is 44.2 Å². The molecule has 0 radical (unpaired) electrons. The Hall–Kier alpha value is -7.22. The van der Waals surface area contributed by atoms with E-state index in [9.17, 15) is 0 Å². The molecule has 10 rings (SSSR count). The Labute approximate surface area is 335 Å². The third kappa shape index (κ3) is 6.75. The topological polar surface area (TPSA) is 3.24 Å². The summed E-state index contributed by atoms with van der Waals surface area (Å²) in [5.74, 6) is 0.278. The van der Waals surface area contributed by atoms with Crippen molar-refractivity contribution in [2.75, 3.05) is 4.90 Å². The minimum Gasteiger partial charge on any atom is -0.310 e. The lowest BCUT2D eigenvalue weighted by Crippen LogP contribution is -2.10. The van der Waals surface area contributed by atoms with Gasteiger partial charge in [-0.1, -0.05) is 194 Å². The van der Waals surface area contributed by atoms with Crippen LogP contribution < -0.4 is 4.90 Å². The van der Waals surface area contributed by atoms with Crippen molar-refractivity contribution in [3.8, 4) is 33.4 Å². The van der Waals surface area contributed by atoms with Gasteiger partial charge >= 0.3 is 0 Å². The van der Waals surface area contributed by atoms with Crippen LogP contribution in [0, 0.1) is 0 Å². The van der Waals surface area contributed by atoms with Crippen molar-refractivity contribution in [1.29, 1.82) is 0 Å². The molecule has 0 aliphatic heterocycles. The number of allylic oxidation sites excluding steroid dienone is 4. The van der Waals surface area contributed by atoms with E-state index in [1.54, 1.807) is 0 Å². The Morgan fingerprint density at radius 3 is 1.53 bits per heavy atom. The van der Waals surface area contributed by atoms with Gasteiger partial charge in [-0.3, -0.25) is 0 Å². The van der Waals surface area contributed by atoms with Crippen molar-refractivity contribution in [1.82, 2.24) is 0 Å². The first-order valence-electron chi connectivity index (χ1n) is 19.9. The molecular formula is C56H41N. The van der Waals surface area contributed by atoms with Crippen LogP contribution in [-0.4, -0.2) is 0 Å². The van der Waals surface area contributed by atoms with E-state index in [1.165, 1.54) is 71.6 Å². The second-order valence-electron chi connectivity index (χ2n) is 14.9.